The Bertz CT molecular complexity index is 277. The number of carbonyl (C=O) groups is 2. The molecule has 1 amide bonds. The standard InChI is InChI=1S/C10H15NO3/c1-2-14-9(13)10-5-3-7-11(10)8(12)4-6-10/h2-7H2,1H3. The van der Waals surface area contributed by atoms with E-state index in [4.69, 9.17) is 4.74 Å². The van der Waals surface area contributed by atoms with Crippen LogP contribution in [0.5, 0.6) is 0 Å². The maximum atomic E-state index is 11.8. The Hall–Kier alpha value is -1.06. The largest absolute Gasteiger partial charge is 0.464 e. The number of fused-ring (bicyclic) bond motifs is 1. The van der Waals surface area contributed by atoms with Crippen LogP contribution < -0.4 is 0 Å². The Morgan fingerprint density at radius 1 is 1.57 bits per heavy atom. The first kappa shape index (κ1) is 9.49. The predicted molar refractivity (Wildman–Crippen MR) is 49.5 cm³/mol. The van der Waals surface area contributed by atoms with Gasteiger partial charge in [0.15, 0.2) is 0 Å². The monoisotopic (exact) mass is 197 g/mol. The van der Waals surface area contributed by atoms with E-state index in [0.29, 0.717) is 19.4 Å². The summed E-state index contributed by atoms with van der Waals surface area (Å²) < 4.78 is 5.05. The van der Waals surface area contributed by atoms with Gasteiger partial charge in [-0.2, -0.15) is 0 Å². The lowest BCUT2D eigenvalue weighted by molar-refractivity contribution is -0.157. The second-order valence-electron chi connectivity index (χ2n) is 3.90. The third-order valence-corrected chi connectivity index (χ3v) is 3.20. The maximum absolute atomic E-state index is 11.8. The summed E-state index contributed by atoms with van der Waals surface area (Å²) in [6.45, 7) is 2.91. The first-order valence-corrected chi connectivity index (χ1v) is 5.18. The number of rotatable bonds is 2. The van der Waals surface area contributed by atoms with Gasteiger partial charge in [0.05, 0.1) is 6.61 Å². The first-order chi connectivity index (χ1) is 6.70. The molecule has 2 rings (SSSR count). The number of amides is 1. The van der Waals surface area contributed by atoms with Gasteiger partial charge >= 0.3 is 5.97 Å². The van der Waals surface area contributed by atoms with Crippen LogP contribution in [-0.2, 0) is 14.3 Å². The number of ether oxygens (including phenoxy) is 1. The van der Waals surface area contributed by atoms with Gasteiger partial charge < -0.3 is 9.64 Å². The molecule has 0 saturated carbocycles. The average Bonchev–Trinajstić information content (AvgIpc) is 2.69. The second-order valence-corrected chi connectivity index (χ2v) is 3.90. The molecule has 0 spiro atoms. The summed E-state index contributed by atoms with van der Waals surface area (Å²) in [6, 6.07) is 0. The van der Waals surface area contributed by atoms with Gasteiger partial charge in [-0.25, -0.2) is 4.79 Å². The zero-order valence-corrected chi connectivity index (χ0v) is 8.41. The van der Waals surface area contributed by atoms with Crippen LogP contribution >= 0.6 is 0 Å². The van der Waals surface area contributed by atoms with E-state index in [1.54, 1.807) is 11.8 Å². The van der Waals surface area contributed by atoms with Crippen LogP contribution in [0.2, 0.25) is 0 Å². The van der Waals surface area contributed by atoms with Crippen molar-refractivity contribution in [2.75, 3.05) is 13.2 Å². The number of nitrogens with zero attached hydrogens (tertiary/aromatic N) is 1. The fourth-order valence-corrected chi connectivity index (χ4v) is 2.53. The summed E-state index contributed by atoms with van der Waals surface area (Å²) in [5.41, 5.74) is -0.590. The molecule has 2 fully saturated rings. The van der Waals surface area contributed by atoms with E-state index in [-0.39, 0.29) is 11.9 Å². The molecule has 0 aromatic carbocycles. The molecule has 0 radical (unpaired) electrons. The van der Waals surface area contributed by atoms with Gasteiger partial charge in [-0.1, -0.05) is 0 Å². The Morgan fingerprint density at radius 3 is 3.07 bits per heavy atom. The van der Waals surface area contributed by atoms with Gasteiger partial charge in [0, 0.05) is 13.0 Å². The van der Waals surface area contributed by atoms with Crippen LogP contribution in [0.4, 0.5) is 0 Å². The topological polar surface area (TPSA) is 46.6 Å². The lowest BCUT2D eigenvalue weighted by Gasteiger charge is -2.29. The molecule has 4 nitrogen and oxygen atoms in total. The van der Waals surface area contributed by atoms with Crippen molar-refractivity contribution in [1.29, 1.82) is 0 Å². The minimum atomic E-state index is -0.590. The van der Waals surface area contributed by atoms with E-state index < -0.39 is 5.54 Å². The number of esters is 1. The Balaban J connectivity index is 2.21. The quantitative estimate of drug-likeness (QED) is 0.612. The van der Waals surface area contributed by atoms with Crippen molar-refractivity contribution in [3.63, 3.8) is 0 Å². The molecule has 1 unspecified atom stereocenters. The summed E-state index contributed by atoms with van der Waals surface area (Å²) >= 11 is 0. The number of carbonyl (C=O) groups excluding carboxylic acids is 2. The predicted octanol–water partition coefficient (Wildman–Crippen LogP) is 0.704. The molecule has 2 saturated heterocycles. The van der Waals surface area contributed by atoms with E-state index in [1.165, 1.54) is 0 Å². The average molecular weight is 197 g/mol. The van der Waals surface area contributed by atoms with Crippen LogP contribution in [0.15, 0.2) is 0 Å². The Morgan fingerprint density at radius 2 is 2.36 bits per heavy atom. The van der Waals surface area contributed by atoms with Gasteiger partial charge in [-0.15, -0.1) is 0 Å². The summed E-state index contributed by atoms with van der Waals surface area (Å²) in [5.74, 6) is -0.0982. The second kappa shape index (κ2) is 3.26. The highest BCUT2D eigenvalue weighted by atomic mass is 16.5. The third-order valence-electron chi connectivity index (χ3n) is 3.20. The fraction of sp³-hybridized carbons (Fsp3) is 0.800. The summed E-state index contributed by atoms with van der Waals surface area (Å²) in [7, 11) is 0. The molecule has 1 atom stereocenters. The molecule has 0 bridgehead atoms. The highest BCUT2D eigenvalue weighted by Gasteiger charge is 2.54. The molecule has 0 N–H and O–H groups in total. The van der Waals surface area contributed by atoms with E-state index in [1.807, 2.05) is 0 Å². The third kappa shape index (κ3) is 1.13. The van der Waals surface area contributed by atoms with Crippen molar-refractivity contribution in [2.24, 2.45) is 0 Å². The van der Waals surface area contributed by atoms with Gasteiger partial charge in [-0.05, 0) is 26.2 Å². The molecule has 4 heteroatoms. The zero-order chi connectivity index (χ0) is 10.2. The summed E-state index contributed by atoms with van der Waals surface area (Å²) in [4.78, 5) is 25.0. The first-order valence-electron chi connectivity index (χ1n) is 5.18. The number of hydrogen-bond acceptors (Lipinski definition) is 3. The summed E-state index contributed by atoms with van der Waals surface area (Å²) in [5, 5.41) is 0. The van der Waals surface area contributed by atoms with E-state index in [0.717, 1.165) is 19.4 Å². The fourth-order valence-electron chi connectivity index (χ4n) is 2.53. The minimum absolute atomic E-state index is 0.107. The van der Waals surface area contributed by atoms with Crippen molar-refractivity contribution >= 4 is 11.9 Å². The zero-order valence-electron chi connectivity index (χ0n) is 8.41. The van der Waals surface area contributed by atoms with Crippen molar-refractivity contribution < 1.29 is 14.3 Å². The van der Waals surface area contributed by atoms with Gasteiger partial charge in [0.25, 0.3) is 0 Å². The molecular weight excluding hydrogens is 182 g/mol. The summed E-state index contributed by atoms with van der Waals surface area (Å²) in [6.07, 6.45) is 2.84. The van der Waals surface area contributed by atoms with Crippen molar-refractivity contribution in [3.8, 4) is 0 Å². The lowest BCUT2D eigenvalue weighted by Crippen LogP contribution is -2.48. The number of hydrogen-bond donors (Lipinski definition) is 0. The van der Waals surface area contributed by atoms with Crippen molar-refractivity contribution in [3.05, 3.63) is 0 Å². The van der Waals surface area contributed by atoms with Crippen LogP contribution in [0.25, 0.3) is 0 Å². The highest BCUT2D eigenvalue weighted by Crippen LogP contribution is 2.40. The molecule has 0 aromatic rings. The van der Waals surface area contributed by atoms with Crippen molar-refractivity contribution in [2.45, 2.75) is 38.1 Å². The maximum Gasteiger partial charge on any atom is 0.332 e. The van der Waals surface area contributed by atoms with Crippen LogP contribution in [0, 0.1) is 0 Å². The molecule has 2 heterocycles. The minimum Gasteiger partial charge on any atom is -0.464 e. The molecule has 14 heavy (non-hydrogen) atoms. The van der Waals surface area contributed by atoms with E-state index >= 15 is 0 Å². The Kier molecular flexibility index (Phi) is 2.21. The molecule has 0 aliphatic carbocycles. The molecule has 78 valence electrons. The van der Waals surface area contributed by atoms with Crippen LogP contribution in [0.1, 0.15) is 32.6 Å². The highest BCUT2D eigenvalue weighted by molar-refractivity contribution is 5.92. The lowest BCUT2D eigenvalue weighted by atomic mass is 9.94. The Labute approximate surface area is 83.2 Å². The molecule has 2 aliphatic heterocycles. The van der Waals surface area contributed by atoms with Crippen LogP contribution in [-0.4, -0.2) is 35.5 Å². The molecule has 0 aromatic heterocycles. The van der Waals surface area contributed by atoms with Gasteiger partial charge in [0.2, 0.25) is 5.91 Å². The smallest absolute Gasteiger partial charge is 0.332 e. The van der Waals surface area contributed by atoms with Crippen LogP contribution in [0.3, 0.4) is 0 Å². The SMILES string of the molecule is CCOC(=O)C12CCCN1C(=O)CC2. The van der Waals surface area contributed by atoms with Gasteiger partial charge in [-0.3, -0.25) is 4.79 Å². The van der Waals surface area contributed by atoms with E-state index in [2.05, 4.69) is 0 Å². The van der Waals surface area contributed by atoms with Crippen molar-refractivity contribution in [1.82, 2.24) is 4.90 Å². The molecule has 2 aliphatic rings. The molecular formula is C10H15NO3. The van der Waals surface area contributed by atoms with Gasteiger partial charge in [0.1, 0.15) is 5.54 Å². The van der Waals surface area contributed by atoms with E-state index in [9.17, 15) is 9.59 Å². The normalized spacial score (nSPS) is 30.6.